The van der Waals surface area contributed by atoms with Gasteiger partial charge < -0.3 is 10.4 Å². The number of carbonyl (C=O) groups excluding carboxylic acids is 1. The molecule has 5 heteroatoms. The van der Waals surface area contributed by atoms with Crippen LogP contribution in [-0.2, 0) is 4.79 Å². The van der Waals surface area contributed by atoms with E-state index in [-0.39, 0.29) is 5.91 Å². The molecule has 0 aliphatic heterocycles. The molecule has 0 aliphatic carbocycles. The van der Waals surface area contributed by atoms with Crippen molar-refractivity contribution in [1.29, 1.82) is 0 Å². The predicted octanol–water partition coefficient (Wildman–Crippen LogP) is 3.41. The second kappa shape index (κ2) is 6.16. The van der Waals surface area contributed by atoms with E-state index in [2.05, 4.69) is 5.32 Å². The van der Waals surface area contributed by atoms with Crippen molar-refractivity contribution in [3.05, 3.63) is 57.8 Å². The summed E-state index contributed by atoms with van der Waals surface area (Å²) < 4.78 is 0. The van der Waals surface area contributed by atoms with Crippen LogP contribution in [0.4, 0.5) is 5.69 Å². The minimum Gasteiger partial charge on any atom is -0.478 e. The maximum absolute atomic E-state index is 12.0. The molecule has 1 aromatic carbocycles. The van der Waals surface area contributed by atoms with E-state index in [4.69, 9.17) is 5.11 Å². The summed E-state index contributed by atoms with van der Waals surface area (Å²) in [7, 11) is 0. The van der Waals surface area contributed by atoms with E-state index in [0.29, 0.717) is 10.6 Å². The number of anilines is 1. The Labute approximate surface area is 120 Å². The average Bonchev–Trinajstić information content (AvgIpc) is 2.84. The largest absolute Gasteiger partial charge is 0.478 e. The lowest BCUT2D eigenvalue weighted by Gasteiger charge is -2.04. The summed E-state index contributed by atoms with van der Waals surface area (Å²) in [5.74, 6) is -1.12. The molecule has 0 unspecified atom stereocenters. The van der Waals surface area contributed by atoms with Crippen molar-refractivity contribution >= 4 is 35.0 Å². The number of carboxylic acid groups (broad SMARTS) is 1. The van der Waals surface area contributed by atoms with E-state index in [0.717, 1.165) is 17.2 Å². The van der Waals surface area contributed by atoms with Crippen molar-refractivity contribution in [2.75, 3.05) is 5.32 Å². The molecule has 0 saturated carbocycles. The smallest absolute Gasteiger partial charge is 0.328 e. The van der Waals surface area contributed by atoms with Crippen LogP contribution < -0.4 is 5.32 Å². The lowest BCUT2D eigenvalue weighted by molar-refractivity contribution is -0.131. The van der Waals surface area contributed by atoms with Gasteiger partial charge in [-0.25, -0.2) is 4.79 Å². The number of thiophene rings is 1. The van der Waals surface area contributed by atoms with Gasteiger partial charge in [-0.3, -0.25) is 4.79 Å². The Bertz CT molecular complexity index is 656. The fraction of sp³-hybridized carbons (Fsp3) is 0.0667. The lowest BCUT2D eigenvalue weighted by atomic mass is 10.2. The van der Waals surface area contributed by atoms with Crippen molar-refractivity contribution in [3.8, 4) is 0 Å². The number of amides is 1. The van der Waals surface area contributed by atoms with Gasteiger partial charge in [0.2, 0.25) is 0 Å². The van der Waals surface area contributed by atoms with Gasteiger partial charge in [0.15, 0.2) is 0 Å². The monoisotopic (exact) mass is 287 g/mol. The number of carboxylic acids is 1. The van der Waals surface area contributed by atoms with Crippen molar-refractivity contribution in [2.24, 2.45) is 0 Å². The van der Waals surface area contributed by atoms with E-state index >= 15 is 0 Å². The minimum absolute atomic E-state index is 0.133. The number of benzene rings is 1. The van der Waals surface area contributed by atoms with Crippen LogP contribution >= 0.6 is 11.3 Å². The third kappa shape index (κ3) is 3.55. The summed E-state index contributed by atoms with van der Waals surface area (Å²) in [6.45, 7) is 1.89. The molecule has 0 bridgehead atoms. The average molecular weight is 287 g/mol. The van der Waals surface area contributed by atoms with E-state index in [9.17, 15) is 9.59 Å². The first-order valence-corrected chi connectivity index (χ1v) is 6.81. The fourth-order valence-electron chi connectivity index (χ4n) is 1.64. The van der Waals surface area contributed by atoms with E-state index in [1.165, 1.54) is 17.4 Å². The highest BCUT2D eigenvalue weighted by molar-refractivity contribution is 7.12. The molecule has 1 aromatic heterocycles. The zero-order valence-corrected chi connectivity index (χ0v) is 11.6. The van der Waals surface area contributed by atoms with Crippen LogP contribution in [0.3, 0.4) is 0 Å². The molecule has 102 valence electrons. The van der Waals surface area contributed by atoms with Gasteiger partial charge in [-0.15, -0.1) is 11.3 Å². The summed E-state index contributed by atoms with van der Waals surface area (Å²) >= 11 is 1.40. The molecule has 0 aliphatic rings. The van der Waals surface area contributed by atoms with Crippen molar-refractivity contribution in [1.82, 2.24) is 0 Å². The molecule has 0 radical (unpaired) electrons. The molecule has 4 nitrogen and oxygen atoms in total. The molecule has 0 saturated heterocycles. The third-order valence-electron chi connectivity index (χ3n) is 2.66. The van der Waals surface area contributed by atoms with Crippen LogP contribution in [-0.4, -0.2) is 17.0 Å². The topological polar surface area (TPSA) is 66.4 Å². The molecule has 1 heterocycles. The molecule has 0 fully saturated rings. The number of aryl methyl sites for hydroxylation is 1. The van der Waals surface area contributed by atoms with Gasteiger partial charge in [0.05, 0.1) is 4.88 Å². The standard InChI is InChI=1S/C15H13NO3S/c1-10-8-9-20-14(10)15(19)16-12-5-2-11(3-6-12)4-7-13(17)18/h2-9H,1H3,(H,16,19)(H,17,18)/b7-4+. The molecule has 0 spiro atoms. The highest BCUT2D eigenvalue weighted by atomic mass is 32.1. The summed E-state index contributed by atoms with van der Waals surface area (Å²) in [6, 6.07) is 8.87. The minimum atomic E-state index is -0.990. The number of hydrogen-bond donors (Lipinski definition) is 2. The van der Waals surface area contributed by atoms with E-state index in [1.807, 2.05) is 18.4 Å². The van der Waals surface area contributed by atoms with Gasteiger partial charge in [-0.2, -0.15) is 0 Å². The number of nitrogens with one attached hydrogen (secondary N) is 1. The first-order chi connectivity index (χ1) is 9.56. The Hall–Kier alpha value is -2.40. The van der Waals surface area contributed by atoms with Gasteiger partial charge in [0.25, 0.3) is 5.91 Å². The highest BCUT2D eigenvalue weighted by Crippen LogP contribution is 2.18. The molecular formula is C15H13NO3S. The zero-order valence-electron chi connectivity index (χ0n) is 10.8. The van der Waals surface area contributed by atoms with Crippen LogP contribution in [0.1, 0.15) is 20.8 Å². The maximum Gasteiger partial charge on any atom is 0.328 e. The first kappa shape index (κ1) is 14.0. The third-order valence-corrected chi connectivity index (χ3v) is 3.67. The number of carbonyl (C=O) groups is 2. The normalized spacial score (nSPS) is 10.7. The van der Waals surface area contributed by atoms with Crippen molar-refractivity contribution in [2.45, 2.75) is 6.92 Å². The Morgan fingerprint density at radius 1 is 1.20 bits per heavy atom. The Kier molecular flexibility index (Phi) is 4.32. The molecule has 1 amide bonds. The Balaban J connectivity index is 2.06. The second-order valence-corrected chi connectivity index (χ2v) is 5.10. The molecule has 2 rings (SSSR count). The number of rotatable bonds is 4. The second-order valence-electron chi connectivity index (χ2n) is 4.18. The van der Waals surface area contributed by atoms with Gasteiger partial charge in [-0.05, 0) is 47.7 Å². The summed E-state index contributed by atoms with van der Waals surface area (Å²) in [6.07, 6.45) is 2.57. The summed E-state index contributed by atoms with van der Waals surface area (Å²) in [4.78, 5) is 23.1. The maximum atomic E-state index is 12.0. The Morgan fingerprint density at radius 3 is 2.45 bits per heavy atom. The van der Waals surface area contributed by atoms with Crippen LogP contribution in [0.2, 0.25) is 0 Å². The van der Waals surface area contributed by atoms with Gasteiger partial charge in [0.1, 0.15) is 0 Å². The highest BCUT2D eigenvalue weighted by Gasteiger charge is 2.10. The lowest BCUT2D eigenvalue weighted by Crippen LogP contribution is -2.11. The van der Waals surface area contributed by atoms with Crippen molar-refractivity contribution in [3.63, 3.8) is 0 Å². The van der Waals surface area contributed by atoms with E-state index in [1.54, 1.807) is 24.3 Å². The molecule has 2 N–H and O–H groups in total. The van der Waals surface area contributed by atoms with Gasteiger partial charge in [-0.1, -0.05) is 12.1 Å². The van der Waals surface area contributed by atoms with E-state index < -0.39 is 5.97 Å². The van der Waals surface area contributed by atoms with Crippen LogP contribution in [0.5, 0.6) is 0 Å². The SMILES string of the molecule is Cc1ccsc1C(=O)Nc1ccc(/C=C/C(=O)O)cc1. The molecule has 2 aromatic rings. The summed E-state index contributed by atoms with van der Waals surface area (Å²) in [5, 5.41) is 13.2. The Morgan fingerprint density at radius 2 is 1.90 bits per heavy atom. The van der Waals surface area contributed by atoms with Crippen LogP contribution in [0, 0.1) is 6.92 Å². The van der Waals surface area contributed by atoms with Gasteiger partial charge >= 0.3 is 5.97 Å². The number of hydrogen-bond acceptors (Lipinski definition) is 3. The quantitative estimate of drug-likeness (QED) is 0.847. The van der Waals surface area contributed by atoms with Crippen LogP contribution in [0.25, 0.3) is 6.08 Å². The zero-order chi connectivity index (χ0) is 14.5. The van der Waals surface area contributed by atoms with Crippen molar-refractivity contribution < 1.29 is 14.7 Å². The summed E-state index contributed by atoms with van der Waals surface area (Å²) in [5.41, 5.74) is 2.39. The molecule has 0 atom stereocenters. The molecular weight excluding hydrogens is 274 g/mol. The first-order valence-electron chi connectivity index (χ1n) is 5.93. The number of aliphatic carboxylic acids is 1. The van der Waals surface area contributed by atoms with Gasteiger partial charge in [0, 0.05) is 11.8 Å². The fourth-order valence-corrected chi connectivity index (χ4v) is 2.46. The predicted molar refractivity (Wildman–Crippen MR) is 80.1 cm³/mol. The molecule has 20 heavy (non-hydrogen) atoms. The van der Waals surface area contributed by atoms with Crippen LogP contribution in [0.15, 0.2) is 41.8 Å².